The van der Waals surface area contributed by atoms with Crippen LogP contribution in [0.4, 0.5) is 0 Å². The van der Waals surface area contributed by atoms with E-state index < -0.39 is 21.8 Å². The topological polar surface area (TPSA) is 95.6 Å². The van der Waals surface area contributed by atoms with Crippen LogP contribution in [0.3, 0.4) is 0 Å². The van der Waals surface area contributed by atoms with Crippen LogP contribution in [0.25, 0.3) is 10.8 Å². The third-order valence-corrected chi connectivity index (χ3v) is 6.81. The van der Waals surface area contributed by atoms with Gasteiger partial charge in [0.2, 0.25) is 10.0 Å². The van der Waals surface area contributed by atoms with Gasteiger partial charge in [-0.2, -0.15) is 4.31 Å². The predicted molar refractivity (Wildman–Crippen MR) is 115 cm³/mol. The first-order valence-corrected chi connectivity index (χ1v) is 11.0. The molecule has 0 radical (unpaired) electrons. The van der Waals surface area contributed by atoms with Gasteiger partial charge in [0.25, 0.3) is 11.8 Å². The Bertz CT molecular complexity index is 1180. The summed E-state index contributed by atoms with van der Waals surface area (Å²) in [6.45, 7) is 4.16. The van der Waals surface area contributed by atoms with Gasteiger partial charge in [0.1, 0.15) is 0 Å². The van der Waals surface area contributed by atoms with E-state index >= 15 is 0 Å². The van der Waals surface area contributed by atoms with Crippen LogP contribution in [0.1, 0.15) is 34.6 Å². The zero-order valence-electron chi connectivity index (χ0n) is 16.8. The average Bonchev–Trinajstić information content (AvgIpc) is 2.77. The highest BCUT2D eigenvalue weighted by Crippen LogP contribution is 2.19. The lowest BCUT2D eigenvalue weighted by Crippen LogP contribution is -2.41. The molecule has 0 unspecified atom stereocenters. The maximum atomic E-state index is 12.7. The number of benzene rings is 3. The third kappa shape index (κ3) is 4.34. The van der Waals surface area contributed by atoms with E-state index in [1.54, 1.807) is 26.0 Å². The van der Waals surface area contributed by atoms with E-state index in [1.807, 2.05) is 30.3 Å². The lowest BCUT2D eigenvalue weighted by Gasteiger charge is -2.18. The van der Waals surface area contributed by atoms with Crippen LogP contribution in [0.5, 0.6) is 0 Å². The molecule has 2 amide bonds. The van der Waals surface area contributed by atoms with Gasteiger partial charge in [0, 0.05) is 24.2 Å². The van der Waals surface area contributed by atoms with Crippen LogP contribution in [-0.4, -0.2) is 37.6 Å². The maximum Gasteiger partial charge on any atom is 0.270 e. The van der Waals surface area contributed by atoms with Crippen molar-refractivity contribution in [3.05, 3.63) is 77.9 Å². The molecule has 0 aliphatic carbocycles. The predicted octanol–water partition coefficient (Wildman–Crippen LogP) is 2.95. The number of nitrogens with one attached hydrogen (secondary N) is 2. The van der Waals surface area contributed by atoms with Gasteiger partial charge >= 0.3 is 0 Å². The molecule has 8 heteroatoms. The number of hydrogen-bond acceptors (Lipinski definition) is 4. The summed E-state index contributed by atoms with van der Waals surface area (Å²) < 4.78 is 26.7. The largest absolute Gasteiger partial charge is 0.270 e. The summed E-state index contributed by atoms with van der Waals surface area (Å²) in [6.07, 6.45) is 0. The monoisotopic (exact) mass is 425 g/mol. The number of rotatable bonds is 6. The van der Waals surface area contributed by atoms with Crippen molar-refractivity contribution in [2.45, 2.75) is 18.7 Å². The summed E-state index contributed by atoms with van der Waals surface area (Å²) in [4.78, 5) is 25.1. The molecule has 0 aliphatic heterocycles. The Labute approximate surface area is 175 Å². The summed E-state index contributed by atoms with van der Waals surface area (Å²) >= 11 is 0. The highest BCUT2D eigenvalue weighted by molar-refractivity contribution is 7.89. The van der Waals surface area contributed by atoms with Gasteiger partial charge in [-0.05, 0) is 35.0 Å². The van der Waals surface area contributed by atoms with Gasteiger partial charge in [0.05, 0.1) is 4.90 Å². The number of sulfonamides is 1. The first kappa shape index (κ1) is 21.5. The fraction of sp³-hybridized carbons (Fsp3) is 0.182. The quantitative estimate of drug-likeness (QED) is 0.594. The number of carbonyl (C=O) groups is 2. The Balaban J connectivity index is 1.76. The lowest BCUT2D eigenvalue weighted by molar-refractivity contribution is 0.0847. The van der Waals surface area contributed by atoms with Gasteiger partial charge in [-0.25, -0.2) is 8.42 Å². The third-order valence-electron chi connectivity index (χ3n) is 4.76. The molecule has 0 heterocycles. The second kappa shape index (κ2) is 9.06. The minimum absolute atomic E-state index is 0.0271. The van der Waals surface area contributed by atoms with Crippen LogP contribution in [0, 0.1) is 0 Å². The average molecular weight is 426 g/mol. The molecule has 0 aromatic heterocycles. The van der Waals surface area contributed by atoms with E-state index in [0.29, 0.717) is 18.7 Å². The molecule has 0 aliphatic rings. The highest BCUT2D eigenvalue weighted by Gasteiger charge is 2.22. The molecular weight excluding hydrogens is 402 g/mol. The first-order valence-electron chi connectivity index (χ1n) is 9.57. The summed E-state index contributed by atoms with van der Waals surface area (Å²) in [7, 11) is -3.69. The van der Waals surface area contributed by atoms with E-state index in [2.05, 4.69) is 10.9 Å². The number of nitrogens with zero attached hydrogens (tertiary/aromatic N) is 1. The van der Waals surface area contributed by atoms with Gasteiger partial charge in [-0.1, -0.05) is 56.3 Å². The number of amides is 2. The fourth-order valence-electron chi connectivity index (χ4n) is 3.19. The minimum Gasteiger partial charge on any atom is -0.267 e. The molecule has 0 fully saturated rings. The summed E-state index contributed by atoms with van der Waals surface area (Å²) in [5.41, 5.74) is 5.29. The van der Waals surface area contributed by atoms with Crippen LogP contribution < -0.4 is 10.9 Å². The maximum absolute atomic E-state index is 12.7. The molecule has 7 nitrogen and oxygen atoms in total. The van der Waals surface area contributed by atoms with Crippen molar-refractivity contribution in [1.29, 1.82) is 0 Å². The number of hydrogen-bond donors (Lipinski definition) is 2. The van der Waals surface area contributed by atoms with Crippen molar-refractivity contribution in [2.75, 3.05) is 13.1 Å². The van der Waals surface area contributed by atoms with Crippen molar-refractivity contribution in [2.24, 2.45) is 0 Å². The molecule has 0 bridgehead atoms. The Morgan fingerprint density at radius 2 is 1.47 bits per heavy atom. The van der Waals surface area contributed by atoms with E-state index in [9.17, 15) is 18.0 Å². The van der Waals surface area contributed by atoms with Gasteiger partial charge in [-0.3, -0.25) is 20.4 Å². The zero-order valence-corrected chi connectivity index (χ0v) is 17.6. The van der Waals surface area contributed by atoms with Crippen molar-refractivity contribution in [1.82, 2.24) is 15.2 Å². The first-order chi connectivity index (χ1) is 14.4. The van der Waals surface area contributed by atoms with E-state index in [1.165, 1.54) is 28.6 Å². The van der Waals surface area contributed by atoms with Crippen LogP contribution in [0.2, 0.25) is 0 Å². The molecule has 0 atom stereocenters. The van der Waals surface area contributed by atoms with Crippen molar-refractivity contribution in [3.8, 4) is 0 Å². The van der Waals surface area contributed by atoms with Crippen LogP contribution in [0.15, 0.2) is 71.6 Å². The molecule has 3 rings (SSSR count). The van der Waals surface area contributed by atoms with Crippen molar-refractivity contribution in [3.63, 3.8) is 0 Å². The van der Waals surface area contributed by atoms with E-state index in [-0.39, 0.29) is 10.5 Å². The van der Waals surface area contributed by atoms with Gasteiger partial charge in [0.15, 0.2) is 0 Å². The zero-order chi connectivity index (χ0) is 21.7. The second-order valence-electron chi connectivity index (χ2n) is 6.55. The summed E-state index contributed by atoms with van der Waals surface area (Å²) in [5, 5.41) is 1.67. The van der Waals surface area contributed by atoms with Gasteiger partial charge in [-0.15, -0.1) is 0 Å². The van der Waals surface area contributed by atoms with E-state index in [0.717, 1.165) is 10.8 Å². The molecule has 2 N–H and O–H groups in total. The number of hydrazine groups is 1. The Kier molecular flexibility index (Phi) is 6.49. The van der Waals surface area contributed by atoms with Gasteiger partial charge < -0.3 is 0 Å². The lowest BCUT2D eigenvalue weighted by atomic mass is 10.0. The molecule has 3 aromatic carbocycles. The summed E-state index contributed by atoms with van der Waals surface area (Å²) in [5.74, 6) is -1.08. The summed E-state index contributed by atoms with van der Waals surface area (Å²) in [6, 6.07) is 18.5. The second-order valence-corrected chi connectivity index (χ2v) is 8.49. The smallest absolute Gasteiger partial charge is 0.267 e. The molecule has 0 spiro atoms. The number of fused-ring (bicyclic) bond motifs is 1. The molecule has 0 saturated carbocycles. The molecule has 3 aromatic rings. The normalized spacial score (nSPS) is 11.4. The number of carbonyl (C=O) groups excluding carboxylic acids is 2. The SMILES string of the molecule is CCN(CC)S(=O)(=O)c1cccc(C(=O)NNC(=O)c2cccc3ccccc23)c1. The molecule has 0 saturated heterocycles. The van der Waals surface area contributed by atoms with Crippen molar-refractivity contribution < 1.29 is 18.0 Å². The molecule has 30 heavy (non-hydrogen) atoms. The Morgan fingerprint density at radius 1 is 0.833 bits per heavy atom. The van der Waals surface area contributed by atoms with E-state index in [4.69, 9.17) is 0 Å². The van der Waals surface area contributed by atoms with Crippen LogP contribution >= 0.6 is 0 Å². The Hall–Kier alpha value is -3.23. The van der Waals surface area contributed by atoms with Crippen molar-refractivity contribution >= 4 is 32.6 Å². The minimum atomic E-state index is -3.69. The molecule has 156 valence electrons. The standard InChI is InChI=1S/C22H23N3O4S/c1-3-25(4-2)30(28,29)18-12-7-11-17(15-18)21(26)23-24-22(27)20-14-8-10-16-9-5-6-13-19(16)20/h5-15H,3-4H2,1-2H3,(H,23,26)(H,24,27). The van der Waals surface area contributed by atoms with Crippen LogP contribution in [-0.2, 0) is 10.0 Å². The Morgan fingerprint density at radius 3 is 2.20 bits per heavy atom. The molecular formula is C22H23N3O4S. The highest BCUT2D eigenvalue weighted by atomic mass is 32.2. The fourth-order valence-corrected chi connectivity index (χ4v) is 4.69.